The van der Waals surface area contributed by atoms with Crippen LogP contribution in [0.25, 0.3) is 0 Å². The highest BCUT2D eigenvalue weighted by atomic mass is 16.5. The summed E-state index contributed by atoms with van der Waals surface area (Å²) in [6, 6.07) is 2.16. The smallest absolute Gasteiger partial charge is 0.231 e. The molecule has 116 valence electrons. The summed E-state index contributed by atoms with van der Waals surface area (Å²) in [6.45, 7) is 6.41. The number of likely N-dealkylation sites (N-methyl/N-ethyl adjacent to an activating group) is 1. The third kappa shape index (κ3) is 5.41. The molecule has 1 aliphatic rings. The summed E-state index contributed by atoms with van der Waals surface area (Å²) >= 11 is 0. The number of amides is 1. The molecule has 1 saturated heterocycles. The minimum Gasteiger partial charge on any atom is -0.374 e. The van der Waals surface area contributed by atoms with Crippen LogP contribution in [0, 0.1) is 6.92 Å². The fraction of sp³-hybridized carbons (Fsp3) is 0.600. The van der Waals surface area contributed by atoms with Gasteiger partial charge in [0.1, 0.15) is 0 Å². The molecule has 1 atom stereocenters. The van der Waals surface area contributed by atoms with Crippen molar-refractivity contribution in [2.75, 3.05) is 39.8 Å². The average Bonchev–Trinajstić information content (AvgIpc) is 2.37. The van der Waals surface area contributed by atoms with Crippen molar-refractivity contribution in [1.82, 2.24) is 14.8 Å². The molecule has 2 rings (SSSR count). The molecule has 6 heteroatoms. The van der Waals surface area contributed by atoms with E-state index < -0.39 is 0 Å². The maximum atomic E-state index is 10.9. The Hall–Kier alpha value is -1.50. The molecule has 1 aliphatic heterocycles. The van der Waals surface area contributed by atoms with E-state index in [4.69, 9.17) is 10.5 Å². The second-order valence-electron chi connectivity index (χ2n) is 5.76. The fourth-order valence-electron chi connectivity index (χ4n) is 2.67. The molecule has 0 radical (unpaired) electrons. The zero-order valence-corrected chi connectivity index (χ0v) is 12.8. The Bertz CT molecular complexity index is 480. The van der Waals surface area contributed by atoms with Gasteiger partial charge in [-0.15, -0.1) is 0 Å². The van der Waals surface area contributed by atoms with Crippen molar-refractivity contribution in [2.45, 2.75) is 19.6 Å². The number of aryl methyl sites for hydroxylation is 1. The number of aromatic nitrogens is 1. The van der Waals surface area contributed by atoms with Crippen molar-refractivity contribution >= 4 is 5.91 Å². The van der Waals surface area contributed by atoms with Gasteiger partial charge in [-0.2, -0.15) is 0 Å². The second-order valence-corrected chi connectivity index (χ2v) is 5.76. The highest BCUT2D eigenvalue weighted by molar-refractivity contribution is 5.75. The first-order valence-electron chi connectivity index (χ1n) is 7.24. The SMILES string of the molecule is Cc1cncc(CN2CCO[C@@H](CN(C)CC(N)=O)C2)c1. The zero-order chi connectivity index (χ0) is 15.2. The predicted molar refractivity (Wildman–Crippen MR) is 80.7 cm³/mol. The van der Waals surface area contributed by atoms with E-state index in [1.807, 2.05) is 24.3 Å². The number of morpholine rings is 1. The summed E-state index contributed by atoms with van der Waals surface area (Å²) in [4.78, 5) is 19.4. The molecule has 0 saturated carbocycles. The number of pyridine rings is 1. The largest absolute Gasteiger partial charge is 0.374 e. The van der Waals surface area contributed by atoms with E-state index in [1.165, 1.54) is 11.1 Å². The lowest BCUT2D eigenvalue weighted by Crippen LogP contribution is -2.47. The Morgan fingerprint density at radius 2 is 2.38 bits per heavy atom. The molecule has 0 bridgehead atoms. The molecule has 1 amide bonds. The number of ether oxygens (including phenoxy) is 1. The lowest BCUT2D eigenvalue weighted by atomic mass is 10.2. The van der Waals surface area contributed by atoms with Gasteiger partial charge in [-0.1, -0.05) is 6.07 Å². The molecule has 0 aromatic carbocycles. The summed E-state index contributed by atoms with van der Waals surface area (Å²) in [7, 11) is 1.89. The fourth-order valence-corrected chi connectivity index (χ4v) is 2.67. The molecule has 21 heavy (non-hydrogen) atoms. The number of nitrogens with zero attached hydrogens (tertiary/aromatic N) is 3. The molecule has 0 unspecified atom stereocenters. The van der Waals surface area contributed by atoms with Gasteiger partial charge >= 0.3 is 0 Å². The number of carbonyl (C=O) groups excluding carboxylic acids is 1. The molecule has 2 heterocycles. The number of hydrogen-bond donors (Lipinski definition) is 1. The highest BCUT2D eigenvalue weighted by Crippen LogP contribution is 2.11. The minimum absolute atomic E-state index is 0.112. The Labute approximate surface area is 125 Å². The number of carbonyl (C=O) groups is 1. The molecule has 1 aromatic heterocycles. The predicted octanol–water partition coefficient (Wildman–Crippen LogP) is 0.00792. The van der Waals surface area contributed by atoms with Gasteiger partial charge in [0.25, 0.3) is 0 Å². The van der Waals surface area contributed by atoms with Crippen molar-refractivity contribution in [3.05, 3.63) is 29.6 Å². The Morgan fingerprint density at radius 1 is 1.57 bits per heavy atom. The van der Waals surface area contributed by atoms with Gasteiger partial charge in [-0.05, 0) is 25.1 Å². The van der Waals surface area contributed by atoms with Crippen molar-refractivity contribution < 1.29 is 9.53 Å². The first-order valence-corrected chi connectivity index (χ1v) is 7.24. The summed E-state index contributed by atoms with van der Waals surface area (Å²) in [5.74, 6) is -0.309. The Kier molecular flexibility index (Phi) is 5.67. The molecule has 2 N–H and O–H groups in total. The number of rotatable bonds is 6. The molecule has 1 aromatic rings. The van der Waals surface area contributed by atoms with E-state index in [2.05, 4.69) is 22.9 Å². The summed E-state index contributed by atoms with van der Waals surface area (Å²) in [6.07, 6.45) is 3.89. The van der Waals surface area contributed by atoms with E-state index in [-0.39, 0.29) is 18.6 Å². The topological polar surface area (TPSA) is 71.7 Å². The standard InChI is InChI=1S/C15H24N4O2/c1-12-5-13(7-17-6-12)8-19-3-4-21-14(10-19)9-18(2)11-15(16)20/h5-7,14H,3-4,8-11H2,1-2H3,(H2,16,20)/t14-/m0/s1. The van der Waals surface area contributed by atoms with E-state index in [9.17, 15) is 4.79 Å². The van der Waals surface area contributed by atoms with Crippen LogP contribution in [0.5, 0.6) is 0 Å². The number of primary amides is 1. The molecule has 0 aliphatic carbocycles. The molecular weight excluding hydrogens is 268 g/mol. The van der Waals surface area contributed by atoms with Crippen LogP contribution in [0.2, 0.25) is 0 Å². The van der Waals surface area contributed by atoms with E-state index >= 15 is 0 Å². The lowest BCUT2D eigenvalue weighted by Gasteiger charge is -2.34. The highest BCUT2D eigenvalue weighted by Gasteiger charge is 2.22. The first-order chi connectivity index (χ1) is 10.0. The second kappa shape index (κ2) is 7.49. The quantitative estimate of drug-likeness (QED) is 0.799. The lowest BCUT2D eigenvalue weighted by molar-refractivity contribution is -0.119. The average molecular weight is 292 g/mol. The van der Waals surface area contributed by atoms with Crippen LogP contribution >= 0.6 is 0 Å². The zero-order valence-electron chi connectivity index (χ0n) is 12.8. The summed E-state index contributed by atoms with van der Waals surface area (Å²) < 4.78 is 5.77. The van der Waals surface area contributed by atoms with Crippen LogP contribution in [0.4, 0.5) is 0 Å². The molecular formula is C15H24N4O2. The van der Waals surface area contributed by atoms with Crippen LogP contribution in [0.1, 0.15) is 11.1 Å². The minimum atomic E-state index is -0.309. The molecule has 6 nitrogen and oxygen atoms in total. The number of hydrogen-bond acceptors (Lipinski definition) is 5. The van der Waals surface area contributed by atoms with Crippen molar-refractivity contribution in [3.8, 4) is 0 Å². The van der Waals surface area contributed by atoms with Gasteiger partial charge < -0.3 is 10.5 Å². The van der Waals surface area contributed by atoms with Crippen LogP contribution in [-0.2, 0) is 16.1 Å². The molecule has 1 fully saturated rings. The van der Waals surface area contributed by atoms with Gasteiger partial charge in [0.2, 0.25) is 5.91 Å². The van der Waals surface area contributed by atoms with Gasteiger partial charge in [-0.25, -0.2) is 0 Å². The van der Waals surface area contributed by atoms with E-state index in [1.54, 1.807) is 0 Å². The van der Waals surface area contributed by atoms with Gasteiger partial charge in [0.05, 0.1) is 19.3 Å². The maximum absolute atomic E-state index is 10.9. The summed E-state index contributed by atoms with van der Waals surface area (Å²) in [5, 5.41) is 0. The van der Waals surface area contributed by atoms with Gasteiger partial charge in [0, 0.05) is 38.6 Å². The van der Waals surface area contributed by atoms with Crippen LogP contribution < -0.4 is 5.73 Å². The third-order valence-electron chi connectivity index (χ3n) is 3.50. The molecule has 0 spiro atoms. The third-order valence-corrected chi connectivity index (χ3v) is 3.50. The normalized spacial score (nSPS) is 19.9. The van der Waals surface area contributed by atoms with Crippen molar-refractivity contribution in [1.29, 1.82) is 0 Å². The maximum Gasteiger partial charge on any atom is 0.231 e. The first kappa shape index (κ1) is 15.9. The van der Waals surface area contributed by atoms with Gasteiger partial charge in [0.15, 0.2) is 0 Å². The van der Waals surface area contributed by atoms with E-state index in [0.29, 0.717) is 13.2 Å². The monoisotopic (exact) mass is 292 g/mol. The Balaban J connectivity index is 1.84. The van der Waals surface area contributed by atoms with Crippen molar-refractivity contribution in [2.24, 2.45) is 5.73 Å². The van der Waals surface area contributed by atoms with Crippen molar-refractivity contribution in [3.63, 3.8) is 0 Å². The van der Waals surface area contributed by atoms with Crippen LogP contribution in [-0.4, -0.2) is 66.6 Å². The summed E-state index contributed by atoms with van der Waals surface area (Å²) in [5.41, 5.74) is 7.61. The van der Waals surface area contributed by atoms with Crippen LogP contribution in [0.15, 0.2) is 18.5 Å². The van der Waals surface area contributed by atoms with E-state index in [0.717, 1.165) is 19.6 Å². The number of nitrogens with two attached hydrogens (primary N) is 1. The van der Waals surface area contributed by atoms with Gasteiger partial charge in [-0.3, -0.25) is 19.6 Å². The van der Waals surface area contributed by atoms with Crippen LogP contribution in [0.3, 0.4) is 0 Å². The Morgan fingerprint density at radius 3 is 3.10 bits per heavy atom.